The van der Waals surface area contributed by atoms with Crippen LogP contribution in [0.25, 0.3) is 0 Å². The Labute approximate surface area is 53.3 Å². The molecule has 0 heterocycles. The van der Waals surface area contributed by atoms with Gasteiger partial charge in [0.1, 0.15) is 0 Å². The van der Waals surface area contributed by atoms with Gasteiger partial charge >= 0.3 is 53.1 Å². The van der Waals surface area contributed by atoms with Gasteiger partial charge in [-0.05, 0) is 0 Å². The molecule has 0 spiro atoms. The summed E-state index contributed by atoms with van der Waals surface area (Å²) in [5, 5.41) is 8.41. The van der Waals surface area contributed by atoms with Crippen LogP contribution in [0.3, 0.4) is 0 Å². The van der Waals surface area contributed by atoms with Crippen molar-refractivity contribution in [1.29, 1.82) is 0 Å². The van der Waals surface area contributed by atoms with Crippen LogP contribution in [0.4, 0.5) is 0 Å². The van der Waals surface area contributed by atoms with Crippen molar-refractivity contribution in [3.05, 3.63) is 0 Å². The first-order chi connectivity index (χ1) is 2.77. The summed E-state index contributed by atoms with van der Waals surface area (Å²) < 4.78 is 1.24. The molecular weight excluding hydrogens is 276 g/mol. The van der Waals surface area contributed by atoms with E-state index in [4.69, 9.17) is 5.21 Å². The second-order valence-corrected chi connectivity index (χ2v) is 2.58. The predicted octanol–water partition coefficient (Wildman–Crippen LogP) is 0.552. The molecule has 0 radical (unpaired) electrons. The Morgan fingerprint density at radius 3 is 2.33 bits per heavy atom. The van der Waals surface area contributed by atoms with Gasteiger partial charge in [-0.25, -0.2) is 0 Å². The van der Waals surface area contributed by atoms with Crippen LogP contribution in [-0.2, 0) is 0 Å². The Hall–Kier alpha value is 0.803. The molecule has 0 aromatic rings. The molecule has 2 nitrogen and oxygen atoms in total. The van der Waals surface area contributed by atoms with Gasteiger partial charge in [-0.3, -0.25) is 0 Å². The molecule has 0 saturated carbocycles. The Morgan fingerprint density at radius 2 is 2.33 bits per heavy atom. The summed E-state index contributed by atoms with van der Waals surface area (Å²) in [6.07, 6.45) is 1.02. The predicted molar refractivity (Wildman–Crippen MR) is 18.8 cm³/mol. The Balaban J connectivity index is 2.63. The molecule has 1 N–H and O–H groups in total. The summed E-state index contributed by atoms with van der Waals surface area (Å²) >= 11 is 1.29. The number of hydroxylamine groups is 1. The summed E-state index contributed by atoms with van der Waals surface area (Å²) in [6, 6.07) is 0. The average molecular weight is 284 g/mol. The fourth-order valence-electron chi connectivity index (χ4n) is 0.185. The molecular formula is C3H8AtNO. The Morgan fingerprint density at radius 1 is 1.83 bits per heavy atom. The van der Waals surface area contributed by atoms with Crippen LogP contribution in [0.2, 0.25) is 0 Å². The summed E-state index contributed by atoms with van der Waals surface area (Å²) in [5.74, 6) is 0. The minimum atomic E-state index is 0.789. The first kappa shape index (κ1) is 6.80. The maximum atomic E-state index is 8.41. The molecule has 38 valence electrons. The van der Waals surface area contributed by atoms with E-state index >= 15 is 0 Å². The second kappa shape index (κ2) is 3.98. The molecule has 0 aliphatic carbocycles. The van der Waals surface area contributed by atoms with Crippen molar-refractivity contribution in [2.75, 3.05) is 6.54 Å². The number of hydrogen-bond donors (Lipinski definition) is 1. The summed E-state index contributed by atoms with van der Waals surface area (Å²) in [5.41, 5.74) is 0. The molecule has 0 amide bonds. The molecule has 3 heteroatoms. The number of rotatable bonds is 2. The van der Waals surface area contributed by atoms with E-state index in [1.165, 1.54) is 28.0 Å². The monoisotopic (exact) mass is 284 g/mol. The molecule has 0 aliphatic heterocycles. The van der Waals surface area contributed by atoms with E-state index in [-0.39, 0.29) is 0 Å². The van der Waals surface area contributed by atoms with Crippen molar-refractivity contribution in [2.45, 2.75) is 13.3 Å². The van der Waals surface area contributed by atoms with Gasteiger partial charge in [-0.15, -0.1) is 0 Å². The van der Waals surface area contributed by atoms with Crippen LogP contribution in [0.15, 0.2) is 0 Å². The van der Waals surface area contributed by atoms with E-state index in [9.17, 15) is 0 Å². The minimum absolute atomic E-state index is 0.789. The van der Waals surface area contributed by atoms with E-state index in [2.05, 4.69) is 0 Å². The van der Waals surface area contributed by atoms with Crippen molar-refractivity contribution in [2.24, 2.45) is 0 Å². The summed E-state index contributed by atoms with van der Waals surface area (Å²) in [6.45, 7) is 2.82. The zero-order valence-corrected chi connectivity index (χ0v) is 6.63. The molecule has 0 bridgehead atoms. The van der Waals surface area contributed by atoms with Crippen LogP contribution < -0.4 is 0 Å². The van der Waals surface area contributed by atoms with Crippen LogP contribution in [0.5, 0.6) is 0 Å². The van der Waals surface area contributed by atoms with Crippen molar-refractivity contribution >= 4 is 0 Å². The van der Waals surface area contributed by atoms with Gasteiger partial charge in [-0.2, -0.15) is 0 Å². The maximum absolute atomic E-state index is 8.41. The zero-order valence-electron chi connectivity index (χ0n) is 3.69. The molecule has 0 fully saturated rings. The Kier molecular flexibility index (Phi) is 4.51. The van der Waals surface area contributed by atoms with E-state index in [1.807, 2.05) is 6.92 Å². The van der Waals surface area contributed by atoms with E-state index in [1.54, 1.807) is 0 Å². The van der Waals surface area contributed by atoms with Gasteiger partial charge in [0.25, 0.3) is 0 Å². The third-order valence-electron chi connectivity index (χ3n) is 0.408. The third kappa shape index (κ3) is 4.80. The fourth-order valence-corrected chi connectivity index (χ4v) is 0.842. The van der Waals surface area contributed by atoms with Crippen molar-refractivity contribution in [1.82, 2.24) is 3.01 Å². The van der Waals surface area contributed by atoms with Gasteiger partial charge in [0, 0.05) is 0 Å². The zero-order chi connectivity index (χ0) is 4.99. The van der Waals surface area contributed by atoms with Gasteiger partial charge in [-0.1, -0.05) is 0 Å². The van der Waals surface area contributed by atoms with Gasteiger partial charge < -0.3 is 0 Å². The fraction of sp³-hybridized carbons (Fsp3) is 1.00. The standard InChI is InChI=1S/C3H8AtNO/c1-2-3-5(4)6/h6H,2-3H2,1H3. The Bertz CT molecular complexity index is 32.0. The first-order valence-corrected chi connectivity index (χ1v) is 3.21. The molecule has 0 atom stereocenters. The topological polar surface area (TPSA) is 23.5 Å². The van der Waals surface area contributed by atoms with E-state index in [0.29, 0.717) is 0 Å². The number of nitrogens with zero attached hydrogens (tertiary/aromatic N) is 1. The van der Waals surface area contributed by atoms with Gasteiger partial charge in [0.2, 0.25) is 0 Å². The van der Waals surface area contributed by atoms with E-state index < -0.39 is 0 Å². The molecule has 0 aromatic carbocycles. The SMILES string of the molecule is CCCN(O)[At]. The number of hydrogen-bond acceptors (Lipinski definition) is 2. The van der Waals surface area contributed by atoms with Crippen LogP contribution in [0, 0.1) is 25.0 Å². The van der Waals surface area contributed by atoms with Crippen molar-refractivity contribution in [3.63, 3.8) is 0 Å². The molecule has 6 heavy (non-hydrogen) atoms. The molecule has 0 unspecified atom stereocenters. The van der Waals surface area contributed by atoms with Crippen molar-refractivity contribution < 1.29 is 30.2 Å². The molecule has 0 rings (SSSR count). The van der Waals surface area contributed by atoms with Crippen LogP contribution in [0.1, 0.15) is 13.3 Å². The molecule has 0 aromatic heterocycles. The van der Waals surface area contributed by atoms with Crippen LogP contribution in [-0.4, -0.2) is 14.8 Å². The summed E-state index contributed by atoms with van der Waals surface area (Å²) in [7, 11) is 0. The third-order valence-corrected chi connectivity index (χ3v) is 1.07. The second-order valence-electron chi connectivity index (χ2n) is 1.06. The van der Waals surface area contributed by atoms with Crippen LogP contribution >= 0.6 is 0 Å². The average Bonchev–Trinajstić information content (AvgIpc) is 1.35. The molecule has 0 saturated heterocycles. The van der Waals surface area contributed by atoms with E-state index in [0.717, 1.165) is 13.0 Å². The first-order valence-electron chi connectivity index (χ1n) is 1.89. The van der Waals surface area contributed by atoms with Gasteiger partial charge in [0.15, 0.2) is 0 Å². The van der Waals surface area contributed by atoms with Gasteiger partial charge in [0.05, 0.1) is 0 Å². The van der Waals surface area contributed by atoms with Crippen molar-refractivity contribution in [3.8, 4) is 0 Å². The quantitative estimate of drug-likeness (QED) is 0.749. The molecule has 0 aliphatic rings. The summed E-state index contributed by atoms with van der Waals surface area (Å²) in [4.78, 5) is 0. The normalized spacial score (nSPS) is 10.0.